The van der Waals surface area contributed by atoms with Gasteiger partial charge in [0.2, 0.25) is 0 Å². The minimum absolute atomic E-state index is 0.0246. The van der Waals surface area contributed by atoms with Crippen LogP contribution in [0.15, 0.2) is 18.3 Å². The molecule has 1 aromatic heterocycles. The zero-order valence-corrected chi connectivity index (χ0v) is 11.5. The molecule has 0 radical (unpaired) electrons. The smallest absolute Gasteiger partial charge is 0.397 e. The summed E-state index contributed by atoms with van der Waals surface area (Å²) < 4.78 is 37.6. The van der Waals surface area contributed by atoms with E-state index in [-0.39, 0.29) is 19.0 Å². The first-order valence-electron chi connectivity index (χ1n) is 6.08. The van der Waals surface area contributed by atoms with Gasteiger partial charge in [0.1, 0.15) is 5.82 Å². The molecule has 1 atom stereocenters. The first-order chi connectivity index (χ1) is 9.72. The molecule has 6 nitrogen and oxygen atoms in total. The van der Waals surface area contributed by atoms with Gasteiger partial charge in [-0.3, -0.25) is 0 Å². The Morgan fingerprint density at radius 3 is 2.48 bits per heavy atom. The van der Waals surface area contributed by atoms with Gasteiger partial charge in [-0.15, -0.1) is 0 Å². The van der Waals surface area contributed by atoms with Gasteiger partial charge in [0, 0.05) is 19.9 Å². The van der Waals surface area contributed by atoms with E-state index >= 15 is 0 Å². The summed E-state index contributed by atoms with van der Waals surface area (Å²) in [5.74, 6) is -0.216. The Bertz CT molecular complexity index is 496. The van der Waals surface area contributed by atoms with E-state index in [0.717, 1.165) is 23.2 Å². The van der Waals surface area contributed by atoms with E-state index in [9.17, 15) is 23.1 Å². The zero-order valence-electron chi connectivity index (χ0n) is 11.5. The predicted molar refractivity (Wildman–Crippen MR) is 68.5 cm³/mol. The van der Waals surface area contributed by atoms with Crippen molar-refractivity contribution >= 4 is 11.8 Å². The average Bonchev–Trinajstić information content (AvgIpc) is 2.63. The Hall–Kier alpha value is -1.87. The summed E-state index contributed by atoms with van der Waals surface area (Å²) in [5.41, 5.74) is -0.915. The second-order valence-electron chi connectivity index (χ2n) is 4.23. The monoisotopic (exact) mass is 307 g/mol. The number of anilines is 1. The highest BCUT2D eigenvalue weighted by Gasteiger charge is 2.37. The van der Waals surface area contributed by atoms with Gasteiger partial charge in [-0.1, -0.05) is 0 Å². The molecule has 1 unspecified atom stereocenters. The molecule has 0 saturated carbocycles. The number of likely N-dealkylation sites (N-methyl/N-ethyl adjacent to an activating group) is 1. The summed E-state index contributed by atoms with van der Waals surface area (Å²) >= 11 is 0. The summed E-state index contributed by atoms with van der Waals surface area (Å²) in [6.07, 6.45) is -4.76. The molecule has 21 heavy (non-hydrogen) atoms. The normalized spacial score (nSPS) is 18.6. The molecule has 118 valence electrons. The predicted octanol–water partition coefficient (Wildman–Crippen LogP) is 1.29. The largest absolute Gasteiger partial charge is 0.416 e. The van der Waals surface area contributed by atoms with E-state index in [4.69, 9.17) is 5.11 Å². The average molecular weight is 307 g/mol. The van der Waals surface area contributed by atoms with E-state index in [1.165, 1.54) is 11.9 Å². The summed E-state index contributed by atoms with van der Waals surface area (Å²) in [7, 11) is 1.44. The van der Waals surface area contributed by atoms with E-state index in [2.05, 4.69) is 4.98 Å². The van der Waals surface area contributed by atoms with E-state index < -0.39 is 24.0 Å². The molecule has 0 aliphatic carbocycles. The fourth-order valence-electron chi connectivity index (χ4n) is 1.69. The third-order valence-electron chi connectivity index (χ3n) is 2.59. The second-order valence-corrected chi connectivity index (χ2v) is 4.23. The maximum absolute atomic E-state index is 12.5. The SMILES string of the molecule is CCO.CN1CC(O)N(c2cc(C(F)(F)F)ccn2)C1=O. The van der Waals surface area contributed by atoms with Crippen molar-refractivity contribution < 1.29 is 28.2 Å². The number of pyridine rings is 1. The molecule has 1 aliphatic rings. The first-order valence-corrected chi connectivity index (χ1v) is 6.08. The van der Waals surface area contributed by atoms with Crippen LogP contribution in [-0.2, 0) is 6.18 Å². The highest BCUT2D eigenvalue weighted by Crippen LogP contribution is 2.31. The molecule has 1 fully saturated rings. The number of aliphatic hydroxyl groups is 2. The lowest BCUT2D eigenvalue weighted by atomic mass is 10.2. The number of urea groups is 1. The number of rotatable bonds is 1. The van der Waals surface area contributed by atoms with E-state index in [1.54, 1.807) is 6.92 Å². The molecule has 0 bridgehead atoms. The molecular formula is C12H16F3N3O3. The number of β-amino-alcohol motifs (C(OH)–C–C–N with tert-alkyl or cyclic N) is 1. The van der Waals surface area contributed by atoms with Crippen LogP contribution in [-0.4, -0.2) is 52.6 Å². The standard InChI is InChI=1S/C10H10F3N3O2.C2H6O/c1-15-5-8(17)16(9(15)18)7-4-6(2-3-14-7)10(11,12)13;1-2-3/h2-4,8,17H,5H2,1H3;3H,2H2,1H3. The van der Waals surface area contributed by atoms with Crippen molar-refractivity contribution in [2.45, 2.75) is 19.3 Å². The Kier molecular flexibility index (Phi) is 5.50. The van der Waals surface area contributed by atoms with Crippen molar-refractivity contribution in [3.8, 4) is 0 Å². The molecule has 1 saturated heterocycles. The number of halogens is 3. The van der Waals surface area contributed by atoms with Gasteiger partial charge in [0.15, 0.2) is 6.23 Å². The Morgan fingerprint density at radius 2 is 2.05 bits per heavy atom. The van der Waals surface area contributed by atoms with Gasteiger partial charge in [0.25, 0.3) is 0 Å². The number of hydrogen-bond acceptors (Lipinski definition) is 4. The van der Waals surface area contributed by atoms with Crippen LogP contribution in [0.5, 0.6) is 0 Å². The molecule has 1 aliphatic heterocycles. The van der Waals surface area contributed by atoms with Crippen LogP contribution in [0, 0.1) is 0 Å². The molecular weight excluding hydrogens is 291 g/mol. The van der Waals surface area contributed by atoms with Crippen LogP contribution in [0.1, 0.15) is 12.5 Å². The Labute approximate surface area is 119 Å². The zero-order chi connectivity index (χ0) is 16.2. The minimum Gasteiger partial charge on any atom is -0.397 e. The lowest BCUT2D eigenvalue weighted by Gasteiger charge is -2.19. The van der Waals surface area contributed by atoms with Gasteiger partial charge < -0.3 is 15.1 Å². The number of carbonyl (C=O) groups is 1. The molecule has 2 N–H and O–H groups in total. The third-order valence-corrected chi connectivity index (χ3v) is 2.59. The number of alkyl halides is 3. The summed E-state index contributed by atoms with van der Waals surface area (Å²) in [5, 5.41) is 17.2. The summed E-state index contributed by atoms with van der Waals surface area (Å²) in [6, 6.07) is 0.953. The van der Waals surface area contributed by atoms with Crippen LogP contribution < -0.4 is 4.90 Å². The molecule has 0 aromatic carbocycles. The molecule has 2 rings (SSSR count). The fourth-order valence-corrected chi connectivity index (χ4v) is 1.69. The van der Waals surface area contributed by atoms with Crippen LogP contribution in [0.25, 0.3) is 0 Å². The lowest BCUT2D eigenvalue weighted by molar-refractivity contribution is -0.137. The van der Waals surface area contributed by atoms with Crippen LogP contribution in [0.2, 0.25) is 0 Å². The van der Waals surface area contributed by atoms with Crippen molar-refractivity contribution in [1.82, 2.24) is 9.88 Å². The molecule has 2 heterocycles. The number of nitrogens with zero attached hydrogens (tertiary/aromatic N) is 3. The molecule has 0 spiro atoms. The van der Waals surface area contributed by atoms with Crippen molar-refractivity contribution in [3.05, 3.63) is 23.9 Å². The summed E-state index contributed by atoms with van der Waals surface area (Å²) in [6.45, 7) is 1.96. The van der Waals surface area contributed by atoms with Crippen molar-refractivity contribution in [1.29, 1.82) is 0 Å². The Balaban J connectivity index is 0.000000677. The second kappa shape index (κ2) is 6.72. The maximum Gasteiger partial charge on any atom is 0.416 e. The Morgan fingerprint density at radius 1 is 1.48 bits per heavy atom. The number of carbonyl (C=O) groups excluding carboxylic acids is 1. The number of aromatic nitrogens is 1. The van der Waals surface area contributed by atoms with E-state index in [1.807, 2.05) is 0 Å². The molecule has 1 aromatic rings. The van der Waals surface area contributed by atoms with Crippen molar-refractivity contribution in [2.24, 2.45) is 0 Å². The highest BCUT2D eigenvalue weighted by atomic mass is 19.4. The number of hydrogen-bond donors (Lipinski definition) is 2. The van der Waals surface area contributed by atoms with Crippen molar-refractivity contribution in [2.75, 3.05) is 25.1 Å². The van der Waals surface area contributed by atoms with Crippen molar-refractivity contribution in [3.63, 3.8) is 0 Å². The van der Waals surface area contributed by atoms with Gasteiger partial charge in [-0.2, -0.15) is 13.2 Å². The summed E-state index contributed by atoms with van der Waals surface area (Å²) in [4.78, 5) is 17.4. The fraction of sp³-hybridized carbons (Fsp3) is 0.500. The van der Waals surface area contributed by atoms with Gasteiger partial charge in [0.05, 0.1) is 12.1 Å². The van der Waals surface area contributed by atoms with Gasteiger partial charge in [-0.25, -0.2) is 14.7 Å². The quantitative estimate of drug-likeness (QED) is 0.819. The van der Waals surface area contributed by atoms with Crippen LogP contribution in [0.4, 0.5) is 23.8 Å². The van der Waals surface area contributed by atoms with E-state index in [0.29, 0.717) is 0 Å². The minimum atomic E-state index is -4.52. The molecule has 2 amide bonds. The van der Waals surface area contributed by atoms with Crippen LogP contribution in [0.3, 0.4) is 0 Å². The topological polar surface area (TPSA) is 76.9 Å². The van der Waals surface area contributed by atoms with Gasteiger partial charge >= 0.3 is 12.2 Å². The van der Waals surface area contributed by atoms with Gasteiger partial charge in [-0.05, 0) is 19.1 Å². The molecule has 9 heteroatoms. The lowest BCUT2D eigenvalue weighted by Crippen LogP contribution is -2.35. The highest BCUT2D eigenvalue weighted by molar-refractivity contribution is 5.93. The number of amides is 2. The number of aliphatic hydroxyl groups excluding tert-OH is 2. The first kappa shape index (κ1) is 17.2. The van der Waals surface area contributed by atoms with Crippen LogP contribution >= 0.6 is 0 Å². The maximum atomic E-state index is 12.5. The third kappa shape index (κ3) is 4.05.